The van der Waals surface area contributed by atoms with Crippen molar-refractivity contribution in [3.63, 3.8) is 0 Å². The fourth-order valence-electron chi connectivity index (χ4n) is 11.4. The molecule has 1 amide bonds. The Labute approximate surface area is 512 Å². The van der Waals surface area contributed by atoms with Crippen LogP contribution < -0.4 is 5.32 Å². The first-order chi connectivity index (χ1) is 40.5. The molecule has 0 rings (SSSR count). The first kappa shape index (κ1) is 79.8. The third kappa shape index (κ3) is 67.0. The van der Waals surface area contributed by atoms with Gasteiger partial charge in [-0.1, -0.05) is 351 Å². The third-order valence-corrected chi connectivity index (χ3v) is 17.0. The van der Waals surface area contributed by atoms with Crippen LogP contribution in [0, 0.1) is 0 Å². The van der Waals surface area contributed by atoms with E-state index in [1.54, 1.807) is 6.08 Å². The van der Waals surface area contributed by atoms with Crippen LogP contribution in [0.2, 0.25) is 0 Å². The number of carbonyl (C=O) groups excluding carboxylic acids is 2. The topological polar surface area (TPSA) is 95.9 Å². The van der Waals surface area contributed by atoms with Gasteiger partial charge in [0, 0.05) is 12.8 Å². The van der Waals surface area contributed by atoms with Gasteiger partial charge in [-0.15, -0.1) is 0 Å². The van der Waals surface area contributed by atoms with Gasteiger partial charge in [0.05, 0.1) is 25.4 Å². The summed E-state index contributed by atoms with van der Waals surface area (Å²) < 4.78 is 5.48. The van der Waals surface area contributed by atoms with E-state index in [0.717, 1.165) is 51.4 Å². The quantitative estimate of drug-likeness (QED) is 0.0320. The van der Waals surface area contributed by atoms with Crippen molar-refractivity contribution >= 4 is 11.9 Å². The lowest BCUT2D eigenvalue weighted by molar-refractivity contribution is -0.143. The van der Waals surface area contributed by atoms with E-state index in [1.165, 1.54) is 321 Å². The van der Waals surface area contributed by atoms with Crippen LogP contribution in [-0.4, -0.2) is 47.4 Å². The summed E-state index contributed by atoms with van der Waals surface area (Å²) in [4.78, 5) is 24.6. The van der Waals surface area contributed by atoms with Crippen LogP contribution in [0.25, 0.3) is 0 Å². The standard InChI is InChI=1S/C76H143NO5/c1-3-5-7-9-11-13-15-17-18-19-20-32-35-38-41-45-48-52-56-60-64-68-74(79)73(72-78)77-75(80)69-65-61-57-53-49-46-42-39-36-33-30-28-26-24-22-21-23-25-27-29-31-34-37-40-43-47-51-55-59-63-67-71-82-76(81)70-66-62-58-54-50-44-16-14-12-10-8-6-4-2/h8,10,14,16,23,25,64,68,73-74,78-79H,3-7,9,11-13,15,17-22,24,26-63,65-67,69-72H2,1-2H3,(H,77,80)/b10-8-,16-14-,25-23-,68-64+. The Hall–Kier alpha value is -2.18. The van der Waals surface area contributed by atoms with Crippen molar-refractivity contribution in [2.24, 2.45) is 0 Å². The summed E-state index contributed by atoms with van der Waals surface area (Å²) in [6.45, 7) is 4.87. The average molecular weight is 1150 g/mol. The van der Waals surface area contributed by atoms with E-state index in [2.05, 4.69) is 55.6 Å². The molecule has 6 nitrogen and oxygen atoms in total. The zero-order chi connectivity index (χ0) is 59.2. The van der Waals surface area contributed by atoms with Crippen LogP contribution in [-0.2, 0) is 14.3 Å². The predicted molar refractivity (Wildman–Crippen MR) is 361 cm³/mol. The zero-order valence-corrected chi connectivity index (χ0v) is 55.2. The molecule has 482 valence electrons. The number of aliphatic hydroxyl groups is 2. The molecular formula is C76H143NO5. The Morgan fingerprint density at radius 1 is 0.341 bits per heavy atom. The van der Waals surface area contributed by atoms with Gasteiger partial charge in [-0.05, 0) is 83.5 Å². The Bertz CT molecular complexity index is 1370. The van der Waals surface area contributed by atoms with Gasteiger partial charge >= 0.3 is 5.97 Å². The molecule has 0 heterocycles. The number of allylic oxidation sites excluding steroid dienone is 7. The molecule has 2 atom stereocenters. The van der Waals surface area contributed by atoms with Crippen molar-refractivity contribution in [2.75, 3.05) is 13.2 Å². The SMILES string of the molecule is CCC/C=C\C/C=C\CCCCCCCC(=O)OCCCCCCCCCCCCCC/C=C\CCCCCCCCCCCCCCCCCC(=O)NC(CO)C(O)/C=C/CCCCCCCCCCCCCCCCCCCCC. The highest BCUT2D eigenvalue weighted by Gasteiger charge is 2.18. The summed E-state index contributed by atoms with van der Waals surface area (Å²) in [5.74, 6) is -0.0602. The van der Waals surface area contributed by atoms with Crippen LogP contribution in [0.15, 0.2) is 48.6 Å². The lowest BCUT2D eigenvalue weighted by Gasteiger charge is -2.20. The molecule has 0 aliphatic rings. The summed E-state index contributed by atoms with van der Waals surface area (Å²) in [7, 11) is 0. The molecule has 0 saturated heterocycles. The molecule has 6 heteroatoms. The fourth-order valence-corrected chi connectivity index (χ4v) is 11.4. The molecule has 0 aromatic heterocycles. The molecule has 2 unspecified atom stereocenters. The van der Waals surface area contributed by atoms with E-state index < -0.39 is 12.1 Å². The van der Waals surface area contributed by atoms with Gasteiger partial charge in [-0.3, -0.25) is 9.59 Å². The van der Waals surface area contributed by atoms with Crippen LogP contribution >= 0.6 is 0 Å². The maximum Gasteiger partial charge on any atom is 0.305 e. The largest absolute Gasteiger partial charge is 0.466 e. The molecule has 0 aliphatic heterocycles. The fraction of sp³-hybridized carbons (Fsp3) is 0.868. The molecule has 0 spiro atoms. The van der Waals surface area contributed by atoms with Crippen LogP contribution in [0.4, 0.5) is 0 Å². The number of aliphatic hydroxyl groups excluding tert-OH is 2. The van der Waals surface area contributed by atoms with E-state index in [-0.39, 0.29) is 18.5 Å². The van der Waals surface area contributed by atoms with Crippen molar-refractivity contribution in [3.8, 4) is 0 Å². The van der Waals surface area contributed by atoms with Crippen LogP contribution in [0.5, 0.6) is 0 Å². The predicted octanol–water partition coefficient (Wildman–Crippen LogP) is 24.0. The zero-order valence-electron chi connectivity index (χ0n) is 55.2. The molecule has 3 N–H and O–H groups in total. The average Bonchev–Trinajstić information content (AvgIpc) is 3.48. The number of ether oxygens (including phenoxy) is 1. The number of nitrogens with one attached hydrogen (secondary N) is 1. The van der Waals surface area contributed by atoms with Gasteiger partial charge in [0.15, 0.2) is 0 Å². The normalized spacial score (nSPS) is 12.8. The van der Waals surface area contributed by atoms with Gasteiger partial charge in [-0.2, -0.15) is 0 Å². The molecule has 0 bridgehead atoms. The van der Waals surface area contributed by atoms with E-state index >= 15 is 0 Å². The van der Waals surface area contributed by atoms with Gasteiger partial charge in [0.2, 0.25) is 5.91 Å². The molecule has 0 aromatic carbocycles. The molecule has 0 aliphatic carbocycles. The second-order valence-corrected chi connectivity index (χ2v) is 25.3. The number of unbranched alkanes of at least 4 members (excludes halogenated alkanes) is 52. The lowest BCUT2D eigenvalue weighted by Crippen LogP contribution is -2.45. The van der Waals surface area contributed by atoms with Crippen molar-refractivity contribution in [3.05, 3.63) is 48.6 Å². The van der Waals surface area contributed by atoms with Crippen LogP contribution in [0.1, 0.15) is 399 Å². The monoisotopic (exact) mass is 1150 g/mol. The van der Waals surface area contributed by atoms with Crippen molar-refractivity contribution in [1.29, 1.82) is 0 Å². The van der Waals surface area contributed by atoms with E-state index in [1.807, 2.05) is 6.08 Å². The van der Waals surface area contributed by atoms with Gasteiger partial charge in [-0.25, -0.2) is 0 Å². The van der Waals surface area contributed by atoms with Gasteiger partial charge in [0.25, 0.3) is 0 Å². The first-order valence-corrected chi connectivity index (χ1v) is 36.9. The number of rotatable bonds is 69. The highest BCUT2D eigenvalue weighted by molar-refractivity contribution is 5.76. The molecule has 0 radical (unpaired) electrons. The number of esters is 1. The summed E-state index contributed by atoms with van der Waals surface area (Å²) >= 11 is 0. The molecular weight excluding hydrogens is 1010 g/mol. The second kappa shape index (κ2) is 71.3. The highest BCUT2D eigenvalue weighted by atomic mass is 16.5. The smallest absolute Gasteiger partial charge is 0.305 e. The Balaban J connectivity index is 3.39. The van der Waals surface area contributed by atoms with Gasteiger partial charge < -0.3 is 20.3 Å². The minimum atomic E-state index is -0.845. The summed E-state index contributed by atoms with van der Waals surface area (Å²) in [6, 6.07) is -0.628. The summed E-state index contributed by atoms with van der Waals surface area (Å²) in [6.07, 6.45) is 93.5. The molecule has 0 saturated carbocycles. The first-order valence-electron chi connectivity index (χ1n) is 36.9. The Morgan fingerprint density at radius 3 is 0.988 bits per heavy atom. The highest BCUT2D eigenvalue weighted by Crippen LogP contribution is 2.19. The Morgan fingerprint density at radius 2 is 0.634 bits per heavy atom. The minimum absolute atomic E-state index is 0.00214. The summed E-state index contributed by atoms with van der Waals surface area (Å²) in [5.41, 5.74) is 0. The van der Waals surface area contributed by atoms with E-state index in [4.69, 9.17) is 4.74 Å². The number of hydrogen-bond acceptors (Lipinski definition) is 5. The molecule has 82 heavy (non-hydrogen) atoms. The number of hydrogen-bond donors (Lipinski definition) is 3. The van der Waals surface area contributed by atoms with Crippen molar-refractivity contribution in [1.82, 2.24) is 5.32 Å². The van der Waals surface area contributed by atoms with Crippen molar-refractivity contribution in [2.45, 2.75) is 411 Å². The number of carbonyl (C=O) groups is 2. The summed E-state index contributed by atoms with van der Waals surface area (Å²) in [5, 5.41) is 23.3. The van der Waals surface area contributed by atoms with Crippen molar-refractivity contribution < 1.29 is 24.5 Å². The lowest BCUT2D eigenvalue weighted by atomic mass is 10.0. The molecule has 0 fully saturated rings. The maximum absolute atomic E-state index is 12.5. The van der Waals surface area contributed by atoms with E-state index in [0.29, 0.717) is 19.4 Å². The number of amides is 1. The van der Waals surface area contributed by atoms with Gasteiger partial charge in [0.1, 0.15) is 0 Å². The maximum atomic E-state index is 12.5. The third-order valence-electron chi connectivity index (χ3n) is 17.0. The Kier molecular flexibility index (Phi) is 69.4. The van der Waals surface area contributed by atoms with Crippen LogP contribution in [0.3, 0.4) is 0 Å². The molecule has 0 aromatic rings. The second-order valence-electron chi connectivity index (χ2n) is 25.3. The minimum Gasteiger partial charge on any atom is -0.466 e. The van der Waals surface area contributed by atoms with E-state index in [9.17, 15) is 19.8 Å².